The molecule has 0 N–H and O–H groups in total. The van der Waals surface area contributed by atoms with Gasteiger partial charge < -0.3 is 9.13 Å². The molecule has 2 heterocycles. The van der Waals surface area contributed by atoms with E-state index in [2.05, 4.69) is 11.9 Å². The molecule has 0 saturated heterocycles. The number of hydrogen-bond donors (Lipinski definition) is 0. The van der Waals surface area contributed by atoms with Crippen LogP contribution in [0.1, 0.15) is 23.2 Å². The van der Waals surface area contributed by atoms with Crippen LogP contribution in [0.5, 0.6) is 0 Å². The lowest BCUT2D eigenvalue weighted by Gasteiger charge is -2.08. The summed E-state index contributed by atoms with van der Waals surface area (Å²) in [5.41, 5.74) is 2.70. The molecule has 3 aromatic rings. The van der Waals surface area contributed by atoms with E-state index in [1.165, 1.54) is 0 Å². The number of rotatable bonds is 4. The molecule has 0 atom stereocenters. The van der Waals surface area contributed by atoms with E-state index in [-0.39, 0.29) is 5.78 Å². The number of aryl methyl sites for hydroxylation is 2. The molecule has 0 aliphatic heterocycles. The maximum atomic E-state index is 12.4. The van der Waals surface area contributed by atoms with Crippen molar-refractivity contribution in [3.8, 4) is 0 Å². The van der Waals surface area contributed by atoms with Crippen molar-refractivity contribution in [2.24, 2.45) is 7.05 Å². The number of carbonyl (C=O) groups is 1. The number of benzene rings is 1. The average Bonchev–Trinajstić information content (AvgIpc) is 3.03. The Labute approximate surface area is 117 Å². The maximum Gasteiger partial charge on any atom is 0.198 e. The third kappa shape index (κ3) is 2.03. The Morgan fingerprint density at radius 1 is 1.20 bits per heavy atom. The van der Waals surface area contributed by atoms with Crippen LogP contribution in [-0.2, 0) is 20.0 Å². The standard InChI is InChI=1S/C16H17N3O/c1-3-16-17-12-7-4-5-8-13(12)19(16)11-15(20)14-9-6-10-18(14)2/h4-10H,3,11H2,1-2H3. The molecule has 20 heavy (non-hydrogen) atoms. The quantitative estimate of drug-likeness (QED) is 0.682. The molecule has 2 aromatic heterocycles. The lowest BCUT2D eigenvalue weighted by atomic mass is 10.2. The lowest BCUT2D eigenvalue weighted by molar-refractivity contribution is 0.0964. The zero-order valence-electron chi connectivity index (χ0n) is 11.7. The normalized spacial score (nSPS) is 11.1. The van der Waals surface area contributed by atoms with Gasteiger partial charge in [-0.25, -0.2) is 4.98 Å². The summed E-state index contributed by atoms with van der Waals surface area (Å²) in [5.74, 6) is 1.06. The van der Waals surface area contributed by atoms with E-state index >= 15 is 0 Å². The summed E-state index contributed by atoms with van der Waals surface area (Å²) in [5, 5.41) is 0. The van der Waals surface area contributed by atoms with E-state index in [0.29, 0.717) is 6.54 Å². The van der Waals surface area contributed by atoms with Gasteiger partial charge in [-0.3, -0.25) is 4.79 Å². The van der Waals surface area contributed by atoms with Crippen LogP contribution in [0.4, 0.5) is 0 Å². The number of imidazole rings is 1. The maximum absolute atomic E-state index is 12.4. The Morgan fingerprint density at radius 2 is 2.00 bits per heavy atom. The molecule has 0 bridgehead atoms. The van der Waals surface area contributed by atoms with Crippen LogP contribution in [0.3, 0.4) is 0 Å². The molecule has 0 radical (unpaired) electrons. The molecule has 0 amide bonds. The van der Waals surface area contributed by atoms with Crippen molar-refractivity contribution in [1.29, 1.82) is 0 Å². The van der Waals surface area contributed by atoms with Gasteiger partial charge in [-0.2, -0.15) is 0 Å². The Balaban J connectivity index is 2.02. The summed E-state index contributed by atoms with van der Waals surface area (Å²) >= 11 is 0. The highest BCUT2D eigenvalue weighted by atomic mass is 16.1. The first-order valence-electron chi connectivity index (χ1n) is 6.79. The molecule has 0 saturated carbocycles. The van der Waals surface area contributed by atoms with E-state index < -0.39 is 0 Å². The van der Waals surface area contributed by atoms with Gasteiger partial charge >= 0.3 is 0 Å². The second kappa shape index (κ2) is 4.96. The number of ketones is 1. The van der Waals surface area contributed by atoms with Crippen molar-refractivity contribution < 1.29 is 4.79 Å². The van der Waals surface area contributed by atoms with Gasteiger partial charge in [0.05, 0.1) is 23.3 Å². The van der Waals surface area contributed by atoms with Gasteiger partial charge in [0.1, 0.15) is 5.82 Å². The minimum Gasteiger partial charge on any atom is -0.348 e. The Kier molecular flexibility index (Phi) is 3.14. The smallest absolute Gasteiger partial charge is 0.198 e. The minimum atomic E-state index is 0.107. The number of para-hydroxylation sites is 2. The average molecular weight is 267 g/mol. The third-order valence-corrected chi connectivity index (χ3v) is 3.58. The van der Waals surface area contributed by atoms with Gasteiger partial charge in [0.15, 0.2) is 5.78 Å². The summed E-state index contributed by atoms with van der Waals surface area (Å²) in [4.78, 5) is 17.0. The molecule has 4 nitrogen and oxygen atoms in total. The van der Waals surface area contributed by atoms with E-state index in [1.807, 2.05) is 58.8 Å². The highest BCUT2D eigenvalue weighted by molar-refractivity contribution is 5.95. The van der Waals surface area contributed by atoms with E-state index in [1.54, 1.807) is 0 Å². The molecule has 102 valence electrons. The highest BCUT2D eigenvalue weighted by Crippen LogP contribution is 2.17. The fourth-order valence-corrected chi connectivity index (χ4v) is 2.55. The first-order chi connectivity index (χ1) is 9.70. The fraction of sp³-hybridized carbons (Fsp3) is 0.250. The zero-order chi connectivity index (χ0) is 14.1. The summed E-state index contributed by atoms with van der Waals surface area (Å²) < 4.78 is 3.87. The van der Waals surface area contributed by atoms with Gasteiger partial charge in [0.25, 0.3) is 0 Å². The number of hydrogen-bond acceptors (Lipinski definition) is 2. The van der Waals surface area contributed by atoms with Crippen LogP contribution in [0.15, 0.2) is 42.6 Å². The molecule has 0 unspecified atom stereocenters. The largest absolute Gasteiger partial charge is 0.348 e. The molecule has 0 aliphatic rings. The zero-order valence-corrected chi connectivity index (χ0v) is 11.7. The van der Waals surface area contributed by atoms with Crippen molar-refractivity contribution in [2.45, 2.75) is 19.9 Å². The number of carbonyl (C=O) groups excluding carboxylic acids is 1. The number of fused-ring (bicyclic) bond motifs is 1. The Morgan fingerprint density at radius 3 is 2.70 bits per heavy atom. The lowest BCUT2D eigenvalue weighted by Crippen LogP contribution is -2.15. The second-order valence-electron chi connectivity index (χ2n) is 4.88. The van der Waals surface area contributed by atoms with Gasteiger partial charge in [-0.05, 0) is 24.3 Å². The highest BCUT2D eigenvalue weighted by Gasteiger charge is 2.15. The molecule has 0 spiro atoms. The molecule has 4 heteroatoms. The predicted octanol–water partition coefficient (Wildman–Crippen LogP) is 2.82. The molecule has 0 aliphatic carbocycles. The van der Waals surface area contributed by atoms with Crippen molar-refractivity contribution >= 4 is 16.8 Å². The van der Waals surface area contributed by atoms with Gasteiger partial charge in [-0.1, -0.05) is 19.1 Å². The van der Waals surface area contributed by atoms with Crippen molar-refractivity contribution in [1.82, 2.24) is 14.1 Å². The fourth-order valence-electron chi connectivity index (χ4n) is 2.55. The minimum absolute atomic E-state index is 0.107. The van der Waals surface area contributed by atoms with E-state index in [4.69, 9.17) is 0 Å². The van der Waals surface area contributed by atoms with Crippen molar-refractivity contribution in [3.05, 3.63) is 54.1 Å². The summed E-state index contributed by atoms with van der Waals surface area (Å²) in [6.07, 6.45) is 2.70. The molecule has 0 fully saturated rings. The van der Waals surface area contributed by atoms with Gasteiger partial charge in [0, 0.05) is 19.7 Å². The Hall–Kier alpha value is -2.36. The number of nitrogens with zero attached hydrogens (tertiary/aromatic N) is 3. The number of Topliss-reactive ketones (excluding diaryl/α,β-unsaturated/α-hetero) is 1. The van der Waals surface area contributed by atoms with Gasteiger partial charge in [0.2, 0.25) is 0 Å². The number of aromatic nitrogens is 3. The predicted molar refractivity (Wildman–Crippen MR) is 78.9 cm³/mol. The molecular weight excluding hydrogens is 250 g/mol. The molecule has 3 rings (SSSR count). The Bertz CT molecular complexity index is 767. The van der Waals surface area contributed by atoms with Crippen LogP contribution < -0.4 is 0 Å². The van der Waals surface area contributed by atoms with Crippen LogP contribution in [-0.4, -0.2) is 19.9 Å². The van der Waals surface area contributed by atoms with E-state index in [0.717, 1.165) is 29.0 Å². The second-order valence-corrected chi connectivity index (χ2v) is 4.88. The molecule has 1 aromatic carbocycles. The van der Waals surface area contributed by atoms with Crippen LogP contribution in [0.25, 0.3) is 11.0 Å². The molecular formula is C16H17N3O. The van der Waals surface area contributed by atoms with E-state index in [9.17, 15) is 4.79 Å². The van der Waals surface area contributed by atoms with Gasteiger partial charge in [-0.15, -0.1) is 0 Å². The third-order valence-electron chi connectivity index (χ3n) is 3.58. The topological polar surface area (TPSA) is 39.8 Å². The summed E-state index contributed by atoms with van der Waals surface area (Å²) in [6, 6.07) is 11.7. The van der Waals surface area contributed by atoms with Crippen LogP contribution >= 0.6 is 0 Å². The summed E-state index contributed by atoms with van der Waals surface area (Å²) in [6.45, 7) is 2.40. The summed E-state index contributed by atoms with van der Waals surface area (Å²) in [7, 11) is 1.89. The van der Waals surface area contributed by atoms with Crippen LogP contribution in [0, 0.1) is 0 Å². The monoisotopic (exact) mass is 267 g/mol. The first kappa shape index (κ1) is 12.7. The first-order valence-corrected chi connectivity index (χ1v) is 6.79. The van der Waals surface area contributed by atoms with Crippen molar-refractivity contribution in [3.63, 3.8) is 0 Å². The van der Waals surface area contributed by atoms with Crippen molar-refractivity contribution in [2.75, 3.05) is 0 Å². The SMILES string of the molecule is CCc1nc2ccccc2n1CC(=O)c1cccn1C. The van der Waals surface area contributed by atoms with Crippen LogP contribution in [0.2, 0.25) is 0 Å².